The average molecular weight is 286 g/mol. The fourth-order valence-electron chi connectivity index (χ4n) is 1.68. The predicted molar refractivity (Wildman–Crippen MR) is 68.1 cm³/mol. The van der Waals surface area contributed by atoms with E-state index in [-0.39, 0.29) is 0 Å². The molecule has 0 aromatic rings. The van der Waals surface area contributed by atoms with E-state index in [9.17, 15) is 14.4 Å². The normalized spacial score (nSPS) is 14.7. The van der Waals surface area contributed by atoms with Crippen molar-refractivity contribution in [3.8, 4) is 0 Å². The van der Waals surface area contributed by atoms with Gasteiger partial charge in [-0.2, -0.15) is 0 Å². The van der Waals surface area contributed by atoms with Gasteiger partial charge in [0.15, 0.2) is 0 Å². The number of hydrogen-bond donors (Lipinski definition) is 2. The van der Waals surface area contributed by atoms with Crippen LogP contribution in [0.15, 0.2) is 11.6 Å². The lowest BCUT2D eigenvalue weighted by Gasteiger charge is -2.26. The molecule has 1 aliphatic heterocycles. The smallest absolute Gasteiger partial charge is 0.329 e. The first-order valence-electron chi connectivity index (χ1n) is 6.08. The van der Waals surface area contributed by atoms with E-state index in [1.165, 1.54) is 4.90 Å². The van der Waals surface area contributed by atoms with E-state index in [1.54, 1.807) is 7.11 Å². The summed E-state index contributed by atoms with van der Waals surface area (Å²) in [6, 6.07) is -0.512. The number of rotatable bonds is 6. The number of carboxylic acids is 1. The number of nitrogens with one attached hydrogen (secondary N) is 1. The summed E-state index contributed by atoms with van der Waals surface area (Å²) >= 11 is 0. The number of carboxylic acid groups (broad SMARTS) is 1. The molecule has 1 rings (SSSR count). The molecule has 0 saturated carbocycles. The maximum absolute atomic E-state index is 11.7. The second-order valence-corrected chi connectivity index (χ2v) is 4.23. The van der Waals surface area contributed by atoms with Crippen LogP contribution in [0.4, 0.5) is 4.79 Å². The third-order valence-electron chi connectivity index (χ3n) is 2.63. The van der Waals surface area contributed by atoms with Crippen LogP contribution in [0.5, 0.6) is 0 Å². The summed E-state index contributed by atoms with van der Waals surface area (Å²) in [5, 5.41) is 10.5. The molecule has 1 aliphatic rings. The third-order valence-corrected chi connectivity index (χ3v) is 2.63. The minimum Gasteiger partial charge on any atom is -0.480 e. The summed E-state index contributed by atoms with van der Waals surface area (Å²) in [6.45, 7) is 0.417. The Morgan fingerprint density at radius 2 is 2.15 bits per heavy atom. The second-order valence-electron chi connectivity index (χ2n) is 4.23. The first-order chi connectivity index (χ1) is 9.52. The van der Waals surface area contributed by atoms with Gasteiger partial charge in [0, 0.05) is 20.2 Å². The summed E-state index contributed by atoms with van der Waals surface area (Å²) in [5.41, 5.74) is 1.12. The van der Waals surface area contributed by atoms with Gasteiger partial charge in [-0.3, -0.25) is 10.1 Å². The molecule has 0 aromatic carbocycles. The first-order valence-corrected chi connectivity index (χ1v) is 6.08. The van der Waals surface area contributed by atoms with Crippen molar-refractivity contribution in [3.05, 3.63) is 11.6 Å². The predicted octanol–water partition coefficient (Wildman–Crippen LogP) is -0.398. The van der Waals surface area contributed by atoms with Gasteiger partial charge in [0.1, 0.15) is 13.2 Å². The van der Waals surface area contributed by atoms with E-state index in [1.807, 2.05) is 6.08 Å². The maximum Gasteiger partial charge on any atom is 0.329 e. The SMILES string of the molecule is COCC1=CCN(C(=O)NC(=O)COCC(=O)O)CC1. The first kappa shape index (κ1) is 16.1. The number of imide groups is 1. The quantitative estimate of drug-likeness (QED) is 0.644. The van der Waals surface area contributed by atoms with Crippen LogP contribution in [0.1, 0.15) is 6.42 Å². The van der Waals surface area contributed by atoms with Crippen molar-refractivity contribution in [1.29, 1.82) is 0 Å². The molecule has 0 aromatic heterocycles. The molecule has 0 saturated heterocycles. The van der Waals surface area contributed by atoms with Gasteiger partial charge in [-0.25, -0.2) is 9.59 Å². The van der Waals surface area contributed by atoms with Gasteiger partial charge in [0.25, 0.3) is 5.91 Å². The van der Waals surface area contributed by atoms with E-state index in [2.05, 4.69) is 10.1 Å². The minimum atomic E-state index is -1.17. The highest BCUT2D eigenvalue weighted by atomic mass is 16.5. The summed E-state index contributed by atoms with van der Waals surface area (Å²) < 4.78 is 9.58. The van der Waals surface area contributed by atoms with Gasteiger partial charge in [-0.15, -0.1) is 0 Å². The van der Waals surface area contributed by atoms with E-state index in [0.717, 1.165) is 5.57 Å². The molecule has 3 amide bonds. The van der Waals surface area contributed by atoms with Crippen molar-refractivity contribution >= 4 is 17.9 Å². The van der Waals surface area contributed by atoms with Crippen molar-refractivity contribution in [2.75, 3.05) is 40.0 Å². The van der Waals surface area contributed by atoms with Crippen molar-refractivity contribution in [1.82, 2.24) is 10.2 Å². The summed E-state index contributed by atoms with van der Waals surface area (Å²) in [5.74, 6) is -1.83. The zero-order valence-electron chi connectivity index (χ0n) is 11.3. The number of hydrogen-bond acceptors (Lipinski definition) is 5. The number of carbonyl (C=O) groups is 3. The summed E-state index contributed by atoms with van der Waals surface area (Å²) in [4.78, 5) is 34.7. The molecule has 0 bridgehead atoms. The zero-order valence-corrected chi connectivity index (χ0v) is 11.3. The Labute approximate surface area is 116 Å². The van der Waals surface area contributed by atoms with Gasteiger partial charge in [0.05, 0.1) is 6.61 Å². The van der Waals surface area contributed by atoms with Gasteiger partial charge in [-0.05, 0) is 12.0 Å². The Balaban J connectivity index is 2.29. The van der Waals surface area contributed by atoms with Crippen LogP contribution in [0.25, 0.3) is 0 Å². The lowest BCUT2D eigenvalue weighted by atomic mass is 10.1. The zero-order chi connectivity index (χ0) is 15.0. The summed E-state index contributed by atoms with van der Waals surface area (Å²) in [6.07, 6.45) is 2.59. The minimum absolute atomic E-state index is 0.411. The van der Waals surface area contributed by atoms with Crippen molar-refractivity contribution in [3.63, 3.8) is 0 Å². The van der Waals surface area contributed by atoms with Gasteiger partial charge in [0.2, 0.25) is 0 Å². The fourth-order valence-corrected chi connectivity index (χ4v) is 1.68. The second kappa shape index (κ2) is 8.28. The van der Waals surface area contributed by atoms with Crippen LogP contribution < -0.4 is 5.32 Å². The van der Waals surface area contributed by atoms with Crippen molar-refractivity contribution in [2.24, 2.45) is 0 Å². The number of methoxy groups -OCH3 is 1. The molecule has 0 radical (unpaired) electrons. The molecule has 1 heterocycles. The van der Waals surface area contributed by atoms with Crippen molar-refractivity contribution in [2.45, 2.75) is 6.42 Å². The Morgan fingerprint density at radius 1 is 1.40 bits per heavy atom. The van der Waals surface area contributed by atoms with Crippen LogP contribution in [-0.4, -0.2) is 67.9 Å². The molecule has 0 aliphatic carbocycles. The molecular formula is C12H18N2O6. The largest absolute Gasteiger partial charge is 0.480 e. The highest BCUT2D eigenvalue weighted by Crippen LogP contribution is 2.10. The van der Waals surface area contributed by atoms with Gasteiger partial charge in [-0.1, -0.05) is 6.08 Å². The number of ether oxygens (including phenoxy) is 2. The third kappa shape index (κ3) is 5.81. The van der Waals surface area contributed by atoms with Gasteiger partial charge < -0.3 is 19.5 Å². The van der Waals surface area contributed by atoms with E-state index < -0.39 is 31.1 Å². The number of carbonyl (C=O) groups excluding carboxylic acids is 2. The molecule has 0 spiro atoms. The molecule has 0 fully saturated rings. The van der Waals surface area contributed by atoms with Crippen molar-refractivity contribution < 1.29 is 29.0 Å². The molecule has 2 N–H and O–H groups in total. The number of nitrogens with zero attached hydrogens (tertiary/aromatic N) is 1. The Bertz CT molecular complexity index is 407. The summed E-state index contributed by atoms with van der Waals surface area (Å²) in [7, 11) is 1.61. The Hall–Kier alpha value is -1.93. The van der Waals surface area contributed by atoms with Crippen LogP contribution in [0, 0.1) is 0 Å². The highest BCUT2D eigenvalue weighted by molar-refractivity contribution is 5.95. The Morgan fingerprint density at radius 3 is 2.70 bits per heavy atom. The molecule has 8 nitrogen and oxygen atoms in total. The molecule has 20 heavy (non-hydrogen) atoms. The van der Waals surface area contributed by atoms with Crippen LogP contribution >= 0.6 is 0 Å². The highest BCUT2D eigenvalue weighted by Gasteiger charge is 2.19. The monoisotopic (exact) mass is 286 g/mol. The topological polar surface area (TPSA) is 105 Å². The number of urea groups is 1. The van der Waals surface area contributed by atoms with Gasteiger partial charge >= 0.3 is 12.0 Å². The molecule has 0 unspecified atom stereocenters. The van der Waals surface area contributed by atoms with E-state index >= 15 is 0 Å². The molecular weight excluding hydrogens is 268 g/mol. The molecule has 8 heteroatoms. The number of amides is 3. The fraction of sp³-hybridized carbons (Fsp3) is 0.583. The van der Waals surface area contributed by atoms with E-state index in [4.69, 9.17) is 9.84 Å². The molecule has 0 atom stereocenters. The lowest BCUT2D eigenvalue weighted by Crippen LogP contribution is -2.46. The van der Waals surface area contributed by atoms with Crippen LogP contribution in [-0.2, 0) is 19.1 Å². The standard InChI is InChI=1S/C12H18N2O6/c1-19-6-9-2-4-14(5-3-9)12(18)13-10(15)7-20-8-11(16)17/h2H,3-8H2,1H3,(H,16,17)(H,13,15,18). The maximum atomic E-state index is 11.7. The van der Waals surface area contributed by atoms with Crippen LogP contribution in [0.2, 0.25) is 0 Å². The number of aliphatic carboxylic acids is 1. The Kier molecular flexibility index (Phi) is 6.68. The average Bonchev–Trinajstić information content (AvgIpc) is 2.39. The van der Waals surface area contributed by atoms with E-state index in [0.29, 0.717) is 26.1 Å². The lowest BCUT2D eigenvalue weighted by molar-refractivity contribution is -0.143. The van der Waals surface area contributed by atoms with Crippen LogP contribution in [0.3, 0.4) is 0 Å². The molecule has 112 valence electrons.